The Hall–Kier alpha value is -3.02. The maximum Gasteiger partial charge on any atom is 0.185 e. The first-order chi connectivity index (χ1) is 12.3. The van der Waals surface area contributed by atoms with Gasteiger partial charge in [-0.2, -0.15) is 0 Å². The molecule has 0 aromatic carbocycles. The summed E-state index contributed by atoms with van der Waals surface area (Å²) in [6.07, 6.45) is 4.02. The number of nitrogen functional groups attached to an aromatic ring is 1. The van der Waals surface area contributed by atoms with Gasteiger partial charge >= 0.3 is 0 Å². The summed E-state index contributed by atoms with van der Waals surface area (Å²) < 4.78 is 5.31. The van der Waals surface area contributed by atoms with E-state index in [0.717, 1.165) is 17.0 Å². The fraction of sp³-hybridized carbons (Fsp3) is 0.300. The molecular formula is C20H24N4O2. The van der Waals surface area contributed by atoms with Gasteiger partial charge in [0.15, 0.2) is 11.6 Å². The van der Waals surface area contributed by atoms with Crippen LogP contribution in [0.4, 0.5) is 5.82 Å². The quantitative estimate of drug-likeness (QED) is 0.603. The van der Waals surface area contributed by atoms with Gasteiger partial charge in [-0.15, -0.1) is 0 Å². The first kappa shape index (κ1) is 19.3. The number of hydrogen-bond acceptors (Lipinski definition) is 6. The lowest BCUT2D eigenvalue weighted by atomic mass is 10.1. The smallest absolute Gasteiger partial charge is 0.185 e. The second-order valence-corrected chi connectivity index (χ2v) is 6.10. The van der Waals surface area contributed by atoms with E-state index in [9.17, 15) is 4.79 Å². The van der Waals surface area contributed by atoms with Crippen LogP contribution in [-0.2, 0) is 11.2 Å². The van der Waals surface area contributed by atoms with E-state index in [4.69, 9.17) is 10.5 Å². The van der Waals surface area contributed by atoms with Crippen molar-refractivity contribution in [3.8, 4) is 0 Å². The number of rotatable bonds is 7. The lowest BCUT2D eigenvalue weighted by molar-refractivity contribution is 0.0978. The summed E-state index contributed by atoms with van der Waals surface area (Å²) in [5.74, 6) is 0.248. The number of pyridine rings is 1. The summed E-state index contributed by atoms with van der Waals surface area (Å²) in [5.41, 5.74) is 10.0. The van der Waals surface area contributed by atoms with Crippen molar-refractivity contribution in [2.75, 3.05) is 5.73 Å². The van der Waals surface area contributed by atoms with Gasteiger partial charge in [-0.3, -0.25) is 9.78 Å². The molecule has 6 nitrogen and oxygen atoms in total. The predicted molar refractivity (Wildman–Crippen MR) is 102 cm³/mol. The van der Waals surface area contributed by atoms with Crippen LogP contribution in [0.1, 0.15) is 52.2 Å². The highest BCUT2D eigenvalue weighted by molar-refractivity contribution is 5.98. The van der Waals surface area contributed by atoms with Crippen LogP contribution in [0, 0.1) is 20.8 Å². The summed E-state index contributed by atoms with van der Waals surface area (Å²) in [6, 6.07) is 3.98. The lowest BCUT2D eigenvalue weighted by Gasteiger charge is -2.11. The van der Waals surface area contributed by atoms with Crippen molar-refractivity contribution in [1.29, 1.82) is 0 Å². The Morgan fingerprint density at radius 3 is 2.58 bits per heavy atom. The third-order valence-corrected chi connectivity index (χ3v) is 3.73. The minimum absolute atomic E-state index is 0.0780. The average Bonchev–Trinajstić information content (AvgIpc) is 2.58. The van der Waals surface area contributed by atoms with Crippen molar-refractivity contribution in [2.45, 2.75) is 40.5 Å². The van der Waals surface area contributed by atoms with Gasteiger partial charge in [-0.25, -0.2) is 9.97 Å². The first-order valence-electron chi connectivity index (χ1n) is 8.40. The monoisotopic (exact) mass is 352 g/mol. The van der Waals surface area contributed by atoms with Gasteiger partial charge in [0, 0.05) is 17.8 Å². The number of ether oxygens (including phenoxy) is 1. The largest absolute Gasteiger partial charge is 0.464 e. The SMILES string of the molecule is C=C(O/C=C\C)c1nc(N)c(C(=O)CCc2cc(C)cc(C)n2)nc1C. The van der Waals surface area contributed by atoms with E-state index in [1.807, 2.05) is 32.9 Å². The summed E-state index contributed by atoms with van der Waals surface area (Å²) in [4.78, 5) is 25.6. The van der Waals surface area contributed by atoms with Gasteiger partial charge in [-0.05, 0) is 51.8 Å². The first-order valence-corrected chi connectivity index (χ1v) is 8.40. The van der Waals surface area contributed by atoms with E-state index in [-0.39, 0.29) is 23.7 Å². The Labute approximate surface area is 153 Å². The van der Waals surface area contributed by atoms with Crippen LogP contribution in [0.5, 0.6) is 0 Å². The number of Topliss-reactive ketones (excluding diaryl/α,β-unsaturated/α-hetero) is 1. The van der Waals surface area contributed by atoms with Gasteiger partial charge in [-0.1, -0.05) is 12.7 Å². The van der Waals surface area contributed by atoms with Gasteiger partial charge in [0.2, 0.25) is 0 Å². The zero-order valence-corrected chi connectivity index (χ0v) is 15.7. The van der Waals surface area contributed by atoms with Crippen molar-refractivity contribution in [3.63, 3.8) is 0 Å². The molecule has 0 aliphatic carbocycles. The Morgan fingerprint density at radius 2 is 1.92 bits per heavy atom. The molecule has 0 aliphatic heterocycles. The summed E-state index contributed by atoms with van der Waals surface area (Å²) in [6.45, 7) is 11.3. The van der Waals surface area contributed by atoms with Crippen molar-refractivity contribution in [3.05, 3.63) is 65.1 Å². The van der Waals surface area contributed by atoms with Gasteiger partial charge < -0.3 is 10.5 Å². The molecule has 2 heterocycles. The van der Waals surface area contributed by atoms with Crippen molar-refractivity contribution in [2.24, 2.45) is 0 Å². The van der Waals surface area contributed by atoms with Crippen LogP contribution >= 0.6 is 0 Å². The molecule has 0 amide bonds. The molecule has 0 fully saturated rings. The lowest BCUT2D eigenvalue weighted by Crippen LogP contribution is -2.13. The Balaban J connectivity index is 2.16. The molecule has 2 rings (SSSR count). The van der Waals surface area contributed by atoms with Gasteiger partial charge in [0.25, 0.3) is 0 Å². The van der Waals surface area contributed by atoms with Gasteiger partial charge in [0.1, 0.15) is 17.1 Å². The Bertz CT molecular complexity index is 852. The van der Waals surface area contributed by atoms with E-state index in [1.165, 1.54) is 6.26 Å². The standard InChI is InChI=1S/C20H24N4O2/c1-6-9-26-15(5)18-14(4)23-19(20(21)24-18)17(25)8-7-16-11-12(2)10-13(3)22-16/h6,9-11H,5,7-8H2,1-4H3,(H2,21,24)/b9-6-. The van der Waals surface area contributed by atoms with Crippen LogP contribution in [0.15, 0.2) is 31.0 Å². The molecule has 0 radical (unpaired) electrons. The number of ketones is 1. The van der Waals surface area contributed by atoms with Crippen LogP contribution < -0.4 is 5.73 Å². The molecule has 0 spiro atoms. The Kier molecular flexibility index (Phi) is 6.22. The number of hydrogen-bond donors (Lipinski definition) is 1. The third-order valence-electron chi connectivity index (χ3n) is 3.73. The molecule has 26 heavy (non-hydrogen) atoms. The molecule has 6 heteroatoms. The fourth-order valence-corrected chi connectivity index (χ4v) is 2.62. The molecule has 0 unspecified atom stereocenters. The van der Waals surface area contributed by atoms with Crippen molar-refractivity contribution >= 4 is 17.4 Å². The number of anilines is 1. The van der Waals surface area contributed by atoms with Crippen LogP contribution in [-0.4, -0.2) is 20.7 Å². The number of allylic oxidation sites excluding steroid dienone is 1. The number of aromatic nitrogens is 3. The molecular weight excluding hydrogens is 328 g/mol. The highest BCUT2D eigenvalue weighted by Gasteiger charge is 2.18. The maximum absolute atomic E-state index is 12.5. The molecule has 2 N–H and O–H groups in total. The highest BCUT2D eigenvalue weighted by atomic mass is 16.5. The van der Waals surface area contributed by atoms with E-state index in [1.54, 1.807) is 13.0 Å². The zero-order valence-electron chi connectivity index (χ0n) is 15.7. The number of aryl methyl sites for hydroxylation is 4. The van der Waals surface area contributed by atoms with E-state index < -0.39 is 0 Å². The Morgan fingerprint density at radius 1 is 1.19 bits per heavy atom. The molecule has 0 atom stereocenters. The minimum Gasteiger partial charge on any atom is -0.464 e. The molecule has 136 valence electrons. The molecule has 0 saturated carbocycles. The summed E-state index contributed by atoms with van der Waals surface area (Å²) in [7, 11) is 0. The fourth-order valence-electron chi connectivity index (χ4n) is 2.62. The number of carbonyl (C=O) groups excluding carboxylic acids is 1. The maximum atomic E-state index is 12.5. The third kappa shape index (κ3) is 4.75. The molecule has 2 aromatic heterocycles. The van der Waals surface area contributed by atoms with Crippen LogP contribution in [0.25, 0.3) is 5.76 Å². The minimum atomic E-state index is -0.161. The summed E-state index contributed by atoms with van der Waals surface area (Å²) >= 11 is 0. The molecule has 2 aromatic rings. The van der Waals surface area contributed by atoms with Crippen LogP contribution in [0.2, 0.25) is 0 Å². The highest BCUT2D eigenvalue weighted by Crippen LogP contribution is 2.20. The predicted octanol–water partition coefficient (Wildman–Crippen LogP) is 3.72. The van der Waals surface area contributed by atoms with Crippen LogP contribution in [0.3, 0.4) is 0 Å². The second-order valence-electron chi connectivity index (χ2n) is 6.10. The normalized spacial score (nSPS) is 10.9. The molecule has 0 bridgehead atoms. The second kappa shape index (κ2) is 8.38. The number of nitrogens with two attached hydrogens (primary N) is 1. The number of carbonyl (C=O) groups is 1. The zero-order chi connectivity index (χ0) is 19.3. The number of nitrogens with zero attached hydrogens (tertiary/aromatic N) is 3. The summed E-state index contributed by atoms with van der Waals surface area (Å²) in [5, 5.41) is 0. The van der Waals surface area contributed by atoms with E-state index in [2.05, 4.69) is 21.5 Å². The van der Waals surface area contributed by atoms with E-state index >= 15 is 0 Å². The molecule has 0 aliphatic rings. The van der Waals surface area contributed by atoms with Crippen molar-refractivity contribution < 1.29 is 9.53 Å². The van der Waals surface area contributed by atoms with E-state index in [0.29, 0.717) is 23.6 Å². The average molecular weight is 352 g/mol. The topological polar surface area (TPSA) is 91.0 Å². The van der Waals surface area contributed by atoms with Gasteiger partial charge in [0.05, 0.1) is 12.0 Å². The molecule has 0 saturated heterocycles. The van der Waals surface area contributed by atoms with Crippen molar-refractivity contribution in [1.82, 2.24) is 15.0 Å².